The second-order valence-electron chi connectivity index (χ2n) is 5.50. The van der Waals surface area contributed by atoms with Crippen molar-refractivity contribution in [2.75, 3.05) is 6.61 Å². The minimum atomic E-state index is -1.02. The molecule has 5 nitrogen and oxygen atoms in total. The third-order valence-electron chi connectivity index (χ3n) is 3.64. The van der Waals surface area contributed by atoms with Gasteiger partial charge in [0.15, 0.2) is 0 Å². The Morgan fingerprint density at radius 1 is 1.30 bits per heavy atom. The Labute approximate surface area is 165 Å². The number of ether oxygens (including phenoxy) is 1. The Morgan fingerprint density at radius 3 is 2.70 bits per heavy atom. The largest absolute Gasteiger partial charge is 0.869 e. The standard InChI is InChI=1S/C20H16ClNO4S/c1-2-26-15-11-12(10-14(21)18(15)23)8-9-16-22-17(19(27-16)20(24)25)13-6-4-3-5-7-13/h3-11,23H,2H2,1H3,(H,24,25)/p-1/b9-8+. The van der Waals surface area contributed by atoms with Crippen molar-refractivity contribution in [1.82, 2.24) is 4.98 Å². The summed E-state index contributed by atoms with van der Waals surface area (Å²) in [6.07, 6.45) is 3.41. The van der Waals surface area contributed by atoms with Crippen LogP contribution in [0.15, 0.2) is 42.5 Å². The first kappa shape index (κ1) is 18.9. The molecule has 0 bridgehead atoms. The van der Waals surface area contributed by atoms with Crippen LogP contribution >= 0.6 is 22.9 Å². The Hall–Kier alpha value is -2.83. The maximum atomic E-state index is 11.9. The van der Waals surface area contributed by atoms with Crippen molar-refractivity contribution in [2.24, 2.45) is 0 Å². The fraction of sp³-hybridized carbons (Fsp3) is 0.100. The van der Waals surface area contributed by atoms with Gasteiger partial charge in [0.2, 0.25) is 0 Å². The van der Waals surface area contributed by atoms with Crippen LogP contribution in [0.5, 0.6) is 11.5 Å². The highest BCUT2D eigenvalue weighted by Crippen LogP contribution is 2.34. The van der Waals surface area contributed by atoms with Crippen LogP contribution in [0.25, 0.3) is 23.4 Å². The number of hydrogen-bond acceptors (Lipinski definition) is 5. The van der Waals surface area contributed by atoms with E-state index in [-0.39, 0.29) is 21.4 Å². The van der Waals surface area contributed by atoms with Crippen LogP contribution in [0.4, 0.5) is 0 Å². The normalized spacial score (nSPS) is 11.0. The summed E-state index contributed by atoms with van der Waals surface area (Å²) in [5.74, 6) is -1.20. The SMILES string of the molecule is CCOc1cc(/C=C/c2nc(-c3ccccc3)c(C(=O)O)s2)cc(Cl)c1[O-]. The second-order valence-corrected chi connectivity index (χ2v) is 6.94. The van der Waals surface area contributed by atoms with Crippen LogP contribution in [0.1, 0.15) is 27.2 Å². The smallest absolute Gasteiger partial charge is 0.348 e. The second kappa shape index (κ2) is 8.24. The van der Waals surface area contributed by atoms with Gasteiger partial charge in [-0.25, -0.2) is 9.78 Å². The van der Waals surface area contributed by atoms with Crippen molar-refractivity contribution in [3.8, 4) is 22.8 Å². The quantitative estimate of drug-likeness (QED) is 0.642. The van der Waals surface area contributed by atoms with E-state index in [1.54, 1.807) is 25.1 Å². The fourth-order valence-corrected chi connectivity index (χ4v) is 3.51. The van der Waals surface area contributed by atoms with Gasteiger partial charge in [0.05, 0.1) is 12.3 Å². The first-order valence-corrected chi connectivity index (χ1v) is 9.30. The molecule has 0 aliphatic heterocycles. The summed E-state index contributed by atoms with van der Waals surface area (Å²) < 4.78 is 5.30. The lowest BCUT2D eigenvalue weighted by Gasteiger charge is -2.16. The molecule has 0 spiro atoms. The molecule has 0 saturated carbocycles. The zero-order chi connectivity index (χ0) is 19.4. The lowest BCUT2D eigenvalue weighted by atomic mass is 10.1. The highest BCUT2D eigenvalue weighted by Gasteiger charge is 2.17. The molecule has 0 aliphatic carbocycles. The van der Waals surface area contributed by atoms with Gasteiger partial charge >= 0.3 is 5.97 Å². The molecule has 3 rings (SSSR count). The average Bonchev–Trinajstić information content (AvgIpc) is 3.09. The van der Waals surface area contributed by atoms with Gasteiger partial charge < -0.3 is 14.9 Å². The number of rotatable bonds is 6. The van der Waals surface area contributed by atoms with Crippen molar-refractivity contribution in [3.63, 3.8) is 0 Å². The van der Waals surface area contributed by atoms with Crippen molar-refractivity contribution < 1.29 is 19.7 Å². The summed E-state index contributed by atoms with van der Waals surface area (Å²) >= 11 is 7.05. The Bertz CT molecular complexity index is 999. The highest BCUT2D eigenvalue weighted by atomic mass is 35.5. The van der Waals surface area contributed by atoms with Crippen LogP contribution in [0.2, 0.25) is 5.02 Å². The van der Waals surface area contributed by atoms with E-state index in [0.29, 0.717) is 22.9 Å². The number of aromatic nitrogens is 1. The van der Waals surface area contributed by atoms with E-state index in [1.807, 2.05) is 30.3 Å². The molecule has 0 unspecified atom stereocenters. The number of benzene rings is 2. The minimum Gasteiger partial charge on any atom is -0.869 e. The zero-order valence-corrected chi connectivity index (χ0v) is 15.9. The number of carboxylic acid groups (broad SMARTS) is 1. The van der Waals surface area contributed by atoms with Crippen LogP contribution in [0, 0.1) is 0 Å². The van der Waals surface area contributed by atoms with Gasteiger partial charge in [-0.05, 0) is 36.4 Å². The van der Waals surface area contributed by atoms with E-state index in [0.717, 1.165) is 16.9 Å². The number of halogens is 1. The predicted molar refractivity (Wildman–Crippen MR) is 106 cm³/mol. The van der Waals surface area contributed by atoms with Gasteiger partial charge in [-0.1, -0.05) is 48.0 Å². The molecule has 0 fully saturated rings. The Morgan fingerprint density at radius 2 is 2.04 bits per heavy atom. The van der Waals surface area contributed by atoms with Gasteiger partial charge in [-0.15, -0.1) is 11.3 Å². The molecular weight excluding hydrogens is 386 g/mol. The maximum Gasteiger partial charge on any atom is 0.348 e. The summed E-state index contributed by atoms with van der Waals surface area (Å²) in [6, 6.07) is 12.3. The number of carboxylic acids is 1. The lowest BCUT2D eigenvalue weighted by Crippen LogP contribution is -1.99. The molecule has 0 amide bonds. The molecule has 0 radical (unpaired) electrons. The summed E-state index contributed by atoms with van der Waals surface area (Å²) in [5.41, 5.74) is 1.83. The van der Waals surface area contributed by atoms with Crippen molar-refractivity contribution >= 4 is 41.1 Å². The third kappa shape index (κ3) is 4.30. The number of hydrogen-bond donors (Lipinski definition) is 1. The molecule has 0 atom stereocenters. The van der Waals surface area contributed by atoms with Crippen molar-refractivity contribution in [3.05, 3.63) is 62.9 Å². The molecule has 3 aromatic rings. The minimum absolute atomic E-state index is 0.0657. The van der Waals surface area contributed by atoms with E-state index >= 15 is 0 Å². The van der Waals surface area contributed by atoms with Gasteiger partial charge in [0.1, 0.15) is 15.6 Å². The molecular formula is C20H15ClNO4S-. The maximum absolute atomic E-state index is 11.9. The number of carbonyl (C=O) groups is 1. The van der Waals surface area contributed by atoms with Gasteiger partial charge in [-0.2, -0.15) is 0 Å². The average molecular weight is 401 g/mol. The summed E-state index contributed by atoms with van der Waals surface area (Å²) in [5, 5.41) is 22.0. The monoisotopic (exact) mass is 400 g/mol. The first-order valence-electron chi connectivity index (χ1n) is 8.10. The van der Waals surface area contributed by atoms with Gasteiger partial charge in [0.25, 0.3) is 0 Å². The molecule has 1 N–H and O–H groups in total. The zero-order valence-electron chi connectivity index (χ0n) is 14.3. The highest BCUT2D eigenvalue weighted by molar-refractivity contribution is 7.15. The Kier molecular flexibility index (Phi) is 5.78. The van der Waals surface area contributed by atoms with E-state index < -0.39 is 5.97 Å². The number of thiazole rings is 1. The molecule has 2 aromatic carbocycles. The predicted octanol–water partition coefficient (Wildman–Crippen LogP) is 4.80. The van der Waals surface area contributed by atoms with E-state index in [4.69, 9.17) is 16.3 Å². The summed E-state index contributed by atoms with van der Waals surface area (Å²) in [6.45, 7) is 2.14. The van der Waals surface area contributed by atoms with Crippen molar-refractivity contribution in [1.29, 1.82) is 0 Å². The molecule has 138 valence electrons. The van der Waals surface area contributed by atoms with E-state index in [2.05, 4.69) is 4.98 Å². The number of nitrogens with zero attached hydrogens (tertiary/aromatic N) is 1. The summed E-state index contributed by atoms with van der Waals surface area (Å²) in [7, 11) is 0. The molecule has 27 heavy (non-hydrogen) atoms. The third-order valence-corrected chi connectivity index (χ3v) is 4.92. The lowest BCUT2D eigenvalue weighted by molar-refractivity contribution is -0.270. The van der Waals surface area contributed by atoms with Crippen molar-refractivity contribution in [2.45, 2.75) is 6.92 Å². The Balaban J connectivity index is 1.96. The molecule has 1 aromatic heterocycles. The topological polar surface area (TPSA) is 82.5 Å². The molecule has 0 saturated heterocycles. The molecule has 1 heterocycles. The van der Waals surface area contributed by atoms with Gasteiger partial charge in [0, 0.05) is 10.6 Å². The first-order chi connectivity index (χ1) is 13.0. The molecule has 7 heteroatoms. The van der Waals surface area contributed by atoms with E-state index in [9.17, 15) is 15.0 Å². The van der Waals surface area contributed by atoms with Gasteiger partial charge in [-0.3, -0.25) is 0 Å². The van der Waals surface area contributed by atoms with Crippen LogP contribution in [-0.4, -0.2) is 22.7 Å². The van der Waals surface area contributed by atoms with Crippen LogP contribution in [-0.2, 0) is 0 Å². The van der Waals surface area contributed by atoms with E-state index in [1.165, 1.54) is 6.07 Å². The number of aromatic carboxylic acids is 1. The van der Waals surface area contributed by atoms with Crippen LogP contribution in [0.3, 0.4) is 0 Å². The molecule has 0 aliphatic rings. The fourth-order valence-electron chi connectivity index (χ4n) is 2.46. The van der Waals surface area contributed by atoms with Crippen LogP contribution < -0.4 is 9.84 Å². The summed E-state index contributed by atoms with van der Waals surface area (Å²) in [4.78, 5) is 16.2.